The van der Waals surface area contributed by atoms with Crippen molar-refractivity contribution in [3.63, 3.8) is 0 Å². The third-order valence-electron chi connectivity index (χ3n) is 2.32. The van der Waals surface area contributed by atoms with Crippen LogP contribution in [-0.4, -0.2) is 11.7 Å². The van der Waals surface area contributed by atoms with Crippen molar-refractivity contribution in [2.24, 2.45) is 0 Å². The standard InChI is InChI=1S/C9H12O/c1-3-7-5-4-6-9(2)8(7)10-9/h4-6,8H,3H2,1-2H3. The molecule has 1 heterocycles. The molecular weight excluding hydrogens is 124 g/mol. The minimum absolute atomic E-state index is 0.0695. The Balaban J connectivity index is 2.25. The van der Waals surface area contributed by atoms with Crippen LogP contribution in [-0.2, 0) is 4.74 Å². The number of hydrogen-bond acceptors (Lipinski definition) is 1. The van der Waals surface area contributed by atoms with Crippen LogP contribution in [0.4, 0.5) is 0 Å². The van der Waals surface area contributed by atoms with Gasteiger partial charge in [-0.25, -0.2) is 0 Å². The molecule has 1 fully saturated rings. The number of allylic oxidation sites excluding steroid dienone is 2. The maximum Gasteiger partial charge on any atom is 0.115 e. The van der Waals surface area contributed by atoms with Gasteiger partial charge >= 0.3 is 0 Å². The zero-order valence-electron chi connectivity index (χ0n) is 6.42. The monoisotopic (exact) mass is 136 g/mol. The highest BCUT2D eigenvalue weighted by molar-refractivity contribution is 5.36. The van der Waals surface area contributed by atoms with Crippen molar-refractivity contribution in [2.45, 2.75) is 32.0 Å². The molecule has 2 rings (SSSR count). The topological polar surface area (TPSA) is 12.5 Å². The van der Waals surface area contributed by atoms with Gasteiger partial charge in [-0.15, -0.1) is 0 Å². The Hall–Kier alpha value is -0.560. The zero-order chi connectivity index (χ0) is 7.19. The van der Waals surface area contributed by atoms with E-state index in [9.17, 15) is 0 Å². The van der Waals surface area contributed by atoms with E-state index in [2.05, 4.69) is 32.1 Å². The average Bonchev–Trinajstić information content (AvgIpc) is 2.59. The van der Waals surface area contributed by atoms with E-state index in [-0.39, 0.29) is 5.60 Å². The van der Waals surface area contributed by atoms with Gasteiger partial charge in [0.2, 0.25) is 0 Å². The van der Waals surface area contributed by atoms with E-state index >= 15 is 0 Å². The second kappa shape index (κ2) is 1.73. The van der Waals surface area contributed by atoms with Gasteiger partial charge < -0.3 is 4.74 Å². The minimum atomic E-state index is 0.0695. The van der Waals surface area contributed by atoms with E-state index in [1.807, 2.05) is 0 Å². The fourth-order valence-electron chi connectivity index (χ4n) is 1.54. The quantitative estimate of drug-likeness (QED) is 0.502. The van der Waals surface area contributed by atoms with Crippen molar-refractivity contribution in [3.8, 4) is 0 Å². The van der Waals surface area contributed by atoms with E-state index < -0.39 is 0 Å². The molecule has 1 saturated heterocycles. The first-order valence-corrected chi connectivity index (χ1v) is 3.82. The van der Waals surface area contributed by atoms with Gasteiger partial charge in [-0.2, -0.15) is 0 Å². The summed E-state index contributed by atoms with van der Waals surface area (Å²) in [6.45, 7) is 4.31. The lowest BCUT2D eigenvalue weighted by atomic mass is 9.95. The molecule has 1 aliphatic carbocycles. The molecule has 0 radical (unpaired) electrons. The molecule has 1 nitrogen and oxygen atoms in total. The van der Waals surface area contributed by atoms with E-state index in [0.717, 1.165) is 6.42 Å². The molecule has 1 heteroatoms. The molecule has 10 heavy (non-hydrogen) atoms. The van der Waals surface area contributed by atoms with Crippen LogP contribution in [0.25, 0.3) is 0 Å². The summed E-state index contributed by atoms with van der Waals surface area (Å²) in [5.74, 6) is 0. The Morgan fingerprint density at radius 3 is 3.10 bits per heavy atom. The lowest BCUT2D eigenvalue weighted by Gasteiger charge is -2.05. The van der Waals surface area contributed by atoms with Crippen LogP contribution in [0, 0.1) is 0 Å². The summed E-state index contributed by atoms with van der Waals surface area (Å²) in [4.78, 5) is 0. The average molecular weight is 136 g/mol. The third kappa shape index (κ3) is 0.671. The van der Waals surface area contributed by atoms with E-state index in [1.165, 1.54) is 5.57 Å². The highest BCUT2D eigenvalue weighted by atomic mass is 16.6. The van der Waals surface area contributed by atoms with Crippen molar-refractivity contribution in [2.75, 3.05) is 0 Å². The minimum Gasteiger partial charge on any atom is -0.357 e. The molecule has 1 aliphatic heterocycles. The van der Waals surface area contributed by atoms with Crippen LogP contribution >= 0.6 is 0 Å². The highest BCUT2D eigenvalue weighted by Crippen LogP contribution is 2.45. The number of ether oxygens (including phenoxy) is 1. The lowest BCUT2D eigenvalue weighted by molar-refractivity contribution is 0.353. The van der Waals surface area contributed by atoms with Gasteiger partial charge in [0.15, 0.2) is 0 Å². The molecule has 54 valence electrons. The number of fused-ring (bicyclic) bond motifs is 1. The normalized spacial score (nSPS) is 42.6. The molecule has 0 aromatic carbocycles. The van der Waals surface area contributed by atoms with Gasteiger partial charge in [0.25, 0.3) is 0 Å². The number of epoxide rings is 1. The number of hydrogen-bond donors (Lipinski definition) is 0. The molecule has 0 spiro atoms. The van der Waals surface area contributed by atoms with Gasteiger partial charge in [-0.1, -0.05) is 25.2 Å². The lowest BCUT2D eigenvalue weighted by Crippen LogP contribution is -2.09. The summed E-state index contributed by atoms with van der Waals surface area (Å²) in [7, 11) is 0. The first-order valence-electron chi connectivity index (χ1n) is 3.82. The van der Waals surface area contributed by atoms with Gasteiger partial charge in [-0.3, -0.25) is 0 Å². The Morgan fingerprint density at radius 1 is 1.70 bits per heavy atom. The summed E-state index contributed by atoms with van der Waals surface area (Å²) in [5, 5.41) is 0. The highest BCUT2D eigenvalue weighted by Gasteiger charge is 2.52. The zero-order valence-corrected chi connectivity index (χ0v) is 6.42. The Morgan fingerprint density at radius 2 is 2.50 bits per heavy atom. The van der Waals surface area contributed by atoms with Gasteiger partial charge in [0, 0.05) is 0 Å². The van der Waals surface area contributed by atoms with Crippen LogP contribution in [0.1, 0.15) is 20.3 Å². The summed E-state index contributed by atoms with van der Waals surface area (Å²) >= 11 is 0. The first-order chi connectivity index (χ1) is 4.76. The molecule has 0 N–H and O–H groups in total. The van der Waals surface area contributed by atoms with Gasteiger partial charge in [-0.05, 0) is 18.9 Å². The summed E-state index contributed by atoms with van der Waals surface area (Å²) in [5.41, 5.74) is 1.50. The van der Waals surface area contributed by atoms with E-state index in [4.69, 9.17) is 4.74 Å². The van der Waals surface area contributed by atoms with Gasteiger partial charge in [0.05, 0.1) is 0 Å². The molecule has 0 bridgehead atoms. The van der Waals surface area contributed by atoms with Crippen molar-refractivity contribution >= 4 is 0 Å². The molecule has 2 unspecified atom stereocenters. The van der Waals surface area contributed by atoms with Crippen molar-refractivity contribution in [1.29, 1.82) is 0 Å². The summed E-state index contributed by atoms with van der Waals surface area (Å²) in [6, 6.07) is 0. The fraction of sp³-hybridized carbons (Fsp3) is 0.556. The maximum atomic E-state index is 5.51. The predicted octanol–water partition coefficient (Wildman–Crippen LogP) is 2.05. The molecular formula is C9H12O. The maximum absolute atomic E-state index is 5.51. The molecule has 0 aromatic heterocycles. The molecule has 2 aliphatic rings. The van der Waals surface area contributed by atoms with Crippen LogP contribution in [0.2, 0.25) is 0 Å². The summed E-state index contributed by atoms with van der Waals surface area (Å²) < 4.78 is 5.51. The Kier molecular flexibility index (Phi) is 1.07. The van der Waals surface area contributed by atoms with Gasteiger partial charge in [0.1, 0.15) is 11.7 Å². The second-order valence-electron chi connectivity index (χ2n) is 3.14. The Bertz CT molecular complexity index is 215. The number of rotatable bonds is 1. The first kappa shape index (κ1) is 6.17. The van der Waals surface area contributed by atoms with Crippen LogP contribution in [0.5, 0.6) is 0 Å². The molecule has 0 aromatic rings. The fourth-order valence-corrected chi connectivity index (χ4v) is 1.54. The Labute approximate surface area is 61.4 Å². The molecule has 0 amide bonds. The largest absolute Gasteiger partial charge is 0.357 e. The van der Waals surface area contributed by atoms with E-state index in [0.29, 0.717) is 6.10 Å². The van der Waals surface area contributed by atoms with Crippen molar-refractivity contribution in [1.82, 2.24) is 0 Å². The van der Waals surface area contributed by atoms with E-state index in [1.54, 1.807) is 0 Å². The predicted molar refractivity (Wildman–Crippen MR) is 40.8 cm³/mol. The molecule has 2 atom stereocenters. The van der Waals surface area contributed by atoms with Crippen LogP contribution in [0.3, 0.4) is 0 Å². The van der Waals surface area contributed by atoms with Crippen molar-refractivity contribution < 1.29 is 4.74 Å². The van der Waals surface area contributed by atoms with Crippen LogP contribution < -0.4 is 0 Å². The smallest absolute Gasteiger partial charge is 0.115 e. The third-order valence-corrected chi connectivity index (χ3v) is 2.32. The molecule has 0 saturated carbocycles. The van der Waals surface area contributed by atoms with Crippen molar-refractivity contribution in [3.05, 3.63) is 23.8 Å². The van der Waals surface area contributed by atoms with Crippen LogP contribution in [0.15, 0.2) is 23.8 Å². The SMILES string of the molecule is CCC1=CC=CC2(C)OC12. The summed E-state index contributed by atoms with van der Waals surface area (Å²) in [6.07, 6.45) is 7.92. The second-order valence-corrected chi connectivity index (χ2v) is 3.14.